The largest absolute Gasteiger partial charge is 0.493 e. The van der Waals surface area contributed by atoms with Gasteiger partial charge in [0.1, 0.15) is 17.4 Å². The summed E-state index contributed by atoms with van der Waals surface area (Å²) in [6.45, 7) is 2.37. The first-order chi connectivity index (χ1) is 10.1. The highest BCUT2D eigenvalue weighted by Gasteiger charge is 2.10. The molecule has 2 rings (SSSR count). The third kappa shape index (κ3) is 3.75. The van der Waals surface area contributed by atoms with Crippen LogP contribution in [0.1, 0.15) is 22.8 Å². The molecule has 2 aromatic carbocycles. The van der Waals surface area contributed by atoms with E-state index in [0.717, 1.165) is 17.7 Å². The summed E-state index contributed by atoms with van der Waals surface area (Å²) in [4.78, 5) is 11.9. The molecule has 0 spiro atoms. The zero-order valence-electron chi connectivity index (χ0n) is 11.5. The molecule has 0 aliphatic rings. The van der Waals surface area contributed by atoms with Crippen LogP contribution in [0.4, 0.5) is 8.78 Å². The van der Waals surface area contributed by atoms with Gasteiger partial charge in [0.15, 0.2) is 5.78 Å². The highest BCUT2D eigenvalue weighted by molar-refractivity contribution is 6.07. The average Bonchev–Trinajstić information content (AvgIpc) is 2.46. The second-order valence-electron chi connectivity index (χ2n) is 4.29. The Hall–Kier alpha value is -2.49. The van der Waals surface area contributed by atoms with Crippen molar-refractivity contribution in [2.75, 3.05) is 6.61 Å². The maximum Gasteiger partial charge on any atom is 0.188 e. The zero-order valence-corrected chi connectivity index (χ0v) is 11.5. The van der Waals surface area contributed by atoms with Crippen LogP contribution in [0.5, 0.6) is 5.75 Å². The van der Waals surface area contributed by atoms with Crippen molar-refractivity contribution in [1.29, 1.82) is 0 Å². The molecule has 0 heterocycles. The van der Waals surface area contributed by atoms with E-state index in [1.165, 1.54) is 6.08 Å². The maximum absolute atomic E-state index is 13.5. The van der Waals surface area contributed by atoms with E-state index in [2.05, 4.69) is 0 Å². The number of carbonyl (C=O) groups excluding carboxylic acids is 1. The molecule has 0 aliphatic heterocycles. The first-order valence-electron chi connectivity index (χ1n) is 6.51. The summed E-state index contributed by atoms with van der Waals surface area (Å²) in [6, 6.07) is 10.1. The van der Waals surface area contributed by atoms with E-state index >= 15 is 0 Å². The van der Waals surface area contributed by atoms with Crippen LogP contribution in [0, 0.1) is 11.6 Å². The van der Waals surface area contributed by atoms with Gasteiger partial charge in [-0.2, -0.15) is 0 Å². The fourth-order valence-corrected chi connectivity index (χ4v) is 1.85. The predicted octanol–water partition coefficient (Wildman–Crippen LogP) is 4.26. The first-order valence-corrected chi connectivity index (χ1v) is 6.51. The van der Waals surface area contributed by atoms with Gasteiger partial charge in [-0.25, -0.2) is 8.78 Å². The van der Waals surface area contributed by atoms with Gasteiger partial charge in [0.25, 0.3) is 0 Å². The molecule has 108 valence electrons. The van der Waals surface area contributed by atoms with Gasteiger partial charge in [0.2, 0.25) is 0 Å². The maximum atomic E-state index is 13.5. The Morgan fingerprint density at radius 1 is 1.19 bits per heavy atom. The lowest BCUT2D eigenvalue weighted by Gasteiger charge is -2.06. The van der Waals surface area contributed by atoms with Crippen LogP contribution in [0.2, 0.25) is 0 Å². The smallest absolute Gasteiger partial charge is 0.188 e. The molecule has 0 fully saturated rings. The second-order valence-corrected chi connectivity index (χ2v) is 4.29. The summed E-state index contributed by atoms with van der Waals surface area (Å²) in [7, 11) is 0. The number of ether oxygens (including phenoxy) is 1. The van der Waals surface area contributed by atoms with Gasteiger partial charge >= 0.3 is 0 Å². The van der Waals surface area contributed by atoms with Gasteiger partial charge in [-0.1, -0.05) is 18.2 Å². The second kappa shape index (κ2) is 6.79. The fourth-order valence-electron chi connectivity index (χ4n) is 1.85. The molecular formula is C17H14F2O2. The van der Waals surface area contributed by atoms with Crippen molar-refractivity contribution in [1.82, 2.24) is 0 Å². The third-order valence-corrected chi connectivity index (χ3v) is 2.83. The number of carbonyl (C=O) groups is 1. The van der Waals surface area contributed by atoms with Crippen molar-refractivity contribution in [2.24, 2.45) is 0 Å². The van der Waals surface area contributed by atoms with E-state index in [9.17, 15) is 13.6 Å². The molecular weight excluding hydrogens is 274 g/mol. The lowest BCUT2D eigenvalue weighted by Crippen LogP contribution is -1.99. The van der Waals surface area contributed by atoms with Gasteiger partial charge in [0, 0.05) is 11.6 Å². The topological polar surface area (TPSA) is 26.3 Å². The number of rotatable bonds is 5. The molecule has 0 N–H and O–H groups in total. The fraction of sp³-hybridized carbons (Fsp3) is 0.118. The number of hydrogen-bond acceptors (Lipinski definition) is 2. The van der Waals surface area contributed by atoms with Crippen molar-refractivity contribution in [3.63, 3.8) is 0 Å². The van der Waals surface area contributed by atoms with Crippen molar-refractivity contribution in [3.8, 4) is 5.75 Å². The Morgan fingerprint density at radius 3 is 2.67 bits per heavy atom. The molecule has 0 unspecified atom stereocenters. The molecule has 0 aromatic heterocycles. The molecule has 0 saturated carbocycles. The van der Waals surface area contributed by atoms with E-state index in [4.69, 9.17) is 4.74 Å². The van der Waals surface area contributed by atoms with E-state index in [-0.39, 0.29) is 5.56 Å². The highest BCUT2D eigenvalue weighted by atomic mass is 19.1. The minimum atomic E-state index is -0.872. The summed E-state index contributed by atoms with van der Waals surface area (Å²) in [5, 5.41) is 0. The number of allylic oxidation sites excluding steroid dienone is 1. The standard InChI is InChI=1S/C17H14F2O2/c1-2-21-17-6-4-3-5-12(17)7-10-16(20)14-9-8-13(18)11-15(14)19/h3-11H,2H2,1H3. The van der Waals surface area contributed by atoms with E-state index in [0.29, 0.717) is 18.4 Å². The van der Waals surface area contributed by atoms with E-state index < -0.39 is 17.4 Å². The molecule has 0 saturated heterocycles. The lowest BCUT2D eigenvalue weighted by atomic mass is 10.1. The lowest BCUT2D eigenvalue weighted by molar-refractivity contribution is 0.104. The predicted molar refractivity (Wildman–Crippen MR) is 77.3 cm³/mol. The van der Waals surface area contributed by atoms with Crippen molar-refractivity contribution in [2.45, 2.75) is 6.92 Å². The SMILES string of the molecule is CCOc1ccccc1C=CC(=O)c1ccc(F)cc1F. The summed E-state index contributed by atoms with van der Waals surface area (Å²) in [6.07, 6.45) is 2.80. The van der Waals surface area contributed by atoms with Crippen LogP contribution < -0.4 is 4.74 Å². The Morgan fingerprint density at radius 2 is 1.95 bits per heavy atom. The van der Waals surface area contributed by atoms with Crippen LogP contribution in [-0.4, -0.2) is 12.4 Å². The summed E-state index contributed by atoms with van der Waals surface area (Å²) < 4.78 is 31.7. The number of hydrogen-bond donors (Lipinski definition) is 0. The molecule has 0 amide bonds. The van der Waals surface area contributed by atoms with Gasteiger partial charge in [-0.15, -0.1) is 0 Å². The Kier molecular flexibility index (Phi) is 4.82. The first kappa shape index (κ1) is 14.9. The van der Waals surface area contributed by atoms with Gasteiger partial charge in [-0.3, -0.25) is 4.79 Å². The van der Waals surface area contributed by atoms with Crippen molar-refractivity contribution < 1.29 is 18.3 Å². The molecule has 0 bridgehead atoms. The van der Waals surface area contributed by atoms with E-state index in [1.807, 2.05) is 19.1 Å². The quantitative estimate of drug-likeness (QED) is 0.607. The van der Waals surface area contributed by atoms with Crippen LogP contribution in [0.15, 0.2) is 48.5 Å². The third-order valence-electron chi connectivity index (χ3n) is 2.83. The summed E-state index contributed by atoms with van der Waals surface area (Å²) >= 11 is 0. The van der Waals surface area contributed by atoms with Crippen molar-refractivity contribution in [3.05, 3.63) is 71.3 Å². The number of para-hydroxylation sites is 1. The molecule has 0 radical (unpaired) electrons. The van der Waals surface area contributed by atoms with Crippen LogP contribution in [0.25, 0.3) is 6.08 Å². The average molecular weight is 288 g/mol. The monoisotopic (exact) mass is 288 g/mol. The van der Waals surface area contributed by atoms with Crippen molar-refractivity contribution >= 4 is 11.9 Å². The van der Waals surface area contributed by atoms with Gasteiger partial charge in [-0.05, 0) is 37.3 Å². The Balaban J connectivity index is 2.23. The molecule has 2 aromatic rings. The molecule has 2 nitrogen and oxygen atoms in total. The van der Waals surface area contributed by atoms with Gasteiger partial charge in [0.05, 0.1) is 12.2 Å². The minimum Gasteiger partial charge on any atom is -0.493 e. The molecule has 0 aliphatic carbocycles. The summed E-state index contributed by atoms with van der Waals surface area (Å²) in [5.41, 5.74) is 0.553. The zero-order chi connectivity index (χ0) is 15.2. The summed E-state index contributed by atoms with van der Waals surface area (Å²) in [5.74, 6) is -1.47. The van der Waals surface area contributed by atoms with Crippen LogP contribution in [-0.2, 0) is 0 Å². The molecule has 4 heteroatoms. The minimum absolute atomic E-state index is 0.165. The molecule has 21 heavy (non-hydrogen) atoms. The highest BCUT2D eigenvalue weighted by Crippen LogP contribution is 2.20. The number of benzene rings is 2. The Labute approximate surface area is 121 Å². The van der Waals surface area contributed by atoms with Crippen LogP contribution in [0.3, 0.4) is 0 Å². The number of ketones is 1. The Bertz CT molecular complexity index is 678. The molecule has 0 atom stereocenters. The number of halogens is 2. The van der Waals surface area contributed by atoms with E-state index in [1.54, 1.807) is 18.2 Å². The normalized spacial score (nSPS) is 10.8. The van der Waals surface area contributed by atoms with Gasteiger partial charge < -0.3 is 4.74 Å². The van der Waals surface area contributed by atoms with Crippen LogP contribution >= 0.6 is 0 Å².